The quantitative estimate of drug-likeness (QED) is 0.267. The third-order valence-corrected chi connectivity index (χ3v) is 9.40. The molecule has 11 heteroatoms. The lowest BCUT2D eigenvalue weighted by Gasteiger charge is -2.29. The van der Waals surface area contributed by atoms with Gasteiger partial charge in [-0.2, -0.15) is 4.31 Å². The van der Waals surface area contributed by atoms with Crippen molar-refractivity contribution in [1.82, 2.24) is 24.2 Å². The number of sulfonamides is 1. The van der Waals surface area contributed by atoms with Crippen LogP contribution in [0.3, 0.4) is 0 Å². The Balaban J connectivity index is 1.17. The van der Waals surface area contributed by atoms with Crippen LogP contribution in [0.15, 0.2) is 71.9 Å². The monoisotopic (exact) mass is 585 g/mol. The molecule has 2 aromatic carbocycles. The molecule has 0 unspecified atom stereocenters. The van der Waals surface area contributed by atoms with Crippen LogP contribution in [-0.4, -0.2) is 60.5 Å². The normalized spacial score (nSPS) is 13.6. The van der Waals surface area contributed by atoms with Gasteiger partial charge < -0.3 is 19.2 Å². The Hall–Kier alpha value is -4.48. The second-order valence-corrected chi connectivity index (χ2v) is 12.0. The van der Waals surface area contributed by atoms with Gasteiger partial charge in [0.05, 0.1) is 26.2 Å². The zero-order chi connectivity index (χ0) is 29.3. The number of methoxy groups -OCH3 is 3. The molecule has 0 fully saturated rings. The van der Waals surface area contributed by atoms with Gasteiger partial charge in [0.15, 0.2) is 17.1 Å². The summed E-state index contributed by atoms with van der Waals surface area (Å²) in [6.07, 6.45) is 5.49. The van der Waals surface area contributed by atoms with E-state index in [1.54, 1.807) is 45.9 Å². The smallest absolute Gasteiger partial charge is 0.243 e. The van der Waals surface area contributed by atoms with Crippen LogP contribution in [0.4, 0.5) is 0 Å². The highest BCUT2D eigenvalue weighted by atomic mass is 32.2. The molecule has 0 atom stereocenters. The first-order chi connectivity index (χ1) is 20.4. The van der Waals surface area contributed by atoms with Crippen molar-refractivity contribution in [3.8, 4) is 28.4 Å². The van der Waals surface area contributed by atoms with E-state index < -0.39 is 10.0 Å². The molecule has 0 aliphatic carbocycles. The number of nitrogens with zero attached hydrogens (tertiary/aromatic N) is 4. The number of nitrogens with one attached hydrogen (secondary N) is 1. The van der Waals surface area contributed by atoms with Crippen molar-refractivity contribution >= 4 is 21.2 Å². The summed E-state index contributed by atoms with van der Waals surface area (Å²) in [7, 11) is 1.11. The maximum absolute atomic E-state index is 13.5. The first-order valence-electron chi connectivity index (χ1n) is 13.6. The summed E-state index contributed by atoms with van der Waals surface area (Å²) in [5.74, 6) is 2.83. The molecular weight excluding hydrogens is 554 g/mol. The topological polar surface area (TPSA) is 120 Å². The average Bonchev–Trinajstić information content (AvgIpc) is 3.45. The van der Waals surface area contributed by atoms with Crippen molar-refractivity contribution in [2.24, 2.45) is 0 Å². The van der Waals surface area contributed by atoms with Crippen LogP contribution in [0.1, 0.15) is 22.6 Å². The maximum Gasteiger partial charge on any atom is 0.243 e. The van der Waals surface area contributed by atoms with Gasteiger partial charge in [-0.15, -0.1) is 0 Å². The molecule has 4 heterocycles. The molecule has 216 valence electrons. The molecule has 0 spiro atoms. The summed E-state index contributed by atoms with van der Waals surface area (Å²) in [4.78, 5) is 17.2. The molecule has 5 aromatic rings. The number of aromatic nitrogens is 4. The fourth-order valence-electron chi connectivity index (χ4n) is 5.22. The standard InChI is InChI=1S/C31H31N5O5S/c1-39-25-10-12-32-24(17-25)6-9-30-34-27-14-22(18-33-31(27)35-30)20-4-7-26(8-5-20)42(37,38)36-13-11-21-15-28(40-2)29(41-3)16-23(21)19-36/h4-5,7-8,10,12,14-18H,6,9,11,13,19H2,1-3H3,(H,33,34,35). The Morgan fingerprint density at radius 3 is 2.36 bits per heavy atom. The van der Waals surface area contributed by atoms with E-state index in [0.29, 0.717) is 43.0 Å². The molecular formula is C31H31N5O5S. The highest BCUT2D eigenvalue weighted by Gasteiger charge is 2.29. The highest BCUT2D eigenvalue weighted by molar-refractivity contribution is 7.89. The lowest BCUT2D eigenvalue weighted by molar-refractivity contribution is 0.348. The van der Waals surface area contributed by atoms with Gasteiger partial charge in [-0.05, 0) is 65.9 Å². The van der Waals surface area contributed by atoms with Crippen LogP contribution in [0.25, 0.3) is 22.3 Å². The summed E-state index contributed by atoms with van der Waals surface area (Å²) < 4.78 is 44.7. The molecule has 0 saturated heterocycles. The number of benzene rings is 2. The first-order valence-corrected chi connectivity index (χ1v) is 15.0. The molecule has 42 heavy (non-hydrogen) atoms. The lowest BCUT2D eigenvalue weighted by atomic mass is 10.0. The highest BCUT2D eigenvalue weighted by Crippen LogP contribution is 2.35. The van der Waals surface area contributed by atoms with E-state index in [1.807, 2.05) is 42.5 Å². The van der Waals surface area contributed by atoms with Crippen molar-refractivity contribution in [2.45, 2.75) is 30.7 Å². The van der Waals surface area contributed by atoms with Gasteiger partial charge in [0.1, 0.15) is 17.1 Å². The Bertz CT molecular complexity index is 1850. The summed E-state index contributed by atoms with van der Waals surface area (Å²) in [5, 5.41) is 0. The number of rotatable bonds is 9. The van der Waals surface area contributed by atoms with Gasteiger partial charge in [0.25, 0.3) is 0 Å². The van der Waals surface area contributed by atoms with Crippen LogP contribution in [0, 0.1) is 0 Å². The van der Waals surface area contributed by atoms with Crippen molar-refractivity contribution in [3.63, 3.8) is 0 Å². The van der Waals surface area contributed by atoms with Gasteiger partial charge in [-0.25, -0.2) is 18.4 Å². The largest absolute Gasteiger partial charge is 0.497 e. The number of aromatic amines is 1. The predicted octanol–water partition coefficient (Wildman–Crippen LogP) is 4.58. The van der Waals surface area contributed by atoms with Gasteiger partial charge in [0, 0.05) is 49.2 Å². The number of hydrogen-bond donors (Lipinski definition) is 1. The number of imidazole rings is 1. The second kappa shape index (κ2) is 11.4. The Labute approximate surface area is 244 Å². The first kappa shape index (κ1) is 27.7. The summed E-state index contributed by atoms with van der Waals surface area (Å²) in [5.41, 5.74) is 6.06. The maximum atomic E-state index is 13.5. The van der Waals surface area contributed by atoms with E-state index >= 15 is 0 Å². The van der Waals surface area contributed by atoms with E-state index in [4.69, 9.17) is 19.2 Å². The molecule has 0 saturated carbocycles. The fourth-order valence-corrected chi connectivity index (χ4v) is 6.64. The molecule has 10 nitrogen and oxygen atoms in total. The number of ether oxygens (including phenoxy) is 3. The van der Waals surface area contributed by atoms with Crippen molar-refractivity contribution < 1.29 is 22.6 Å². The summed E-state index contributed by atoms with van der Waals surface area (Å²) in [6.45, 7) is 0.665. The third kappa shape index (κ3) is 5.40. The van der Waals surface area contributed by atoms with Gasteiger partial charge in [-0.3, -0.25) is 4.98 Å². The van der Waals surface area contributed by atoms with E-state index in [-0.39, 0.29) is 11.4 Å². The van der Waals surface area contributed by atoms with Crippen molar-refractivity contribution in [2.75, 3.05) is 27.9 Å². The lowest BCUT2D eigenvalue weighted by Crippen LogP contribution is -2.36. The molecule has 0 amide bonds. The van der Waals surface area contributed by atoms with E-state index in [9.17, 15) is 8.42 Å². The summed E-state index contributed by atoms with van der Waals surface area (Å²) in [6, 6.07) is 16.4. The second-order valence-electron chi connectivity index (χ2n) is 10.1. The van der Waals surface area contributed by atoms with Gasteiger partial charge in [-0.1, -0.05) is 12.1 Å². The Kier molecular flexibility index (Phi) is 7.53. The number of pyridine rings is 2. The zero-order valence-electron chi connectivity index (χ0n) is 23.6. The molecule has 0 bridgehead atoms. The third-order valence-electron chi connectivity index (χ3n) is 7.54. The van der Waals surface area contributed by atoms with Crippen molar-refractivity contribution in [1.29, 1.82) is 0 Å². The predicted molar refractivity (Wildman–Crippen MR) is 158 cm³/mol. The van der Waals surface area contributed by atoms with Crippen LogP contribution >= 0.6 is 0 Å². The van der Waals surface area contributed by atoms with E-state index in [1.165, 1.54) is 4.31 Å². The molecule has 3 aromatic heterocycles. The Morgan fingerprint density at radius 1 is 0.857 bits per heavy atom. The van der Waals surface area contributed by atoms with Gasteiger partial charge in [0.2, 0.25) is 10.0 Å². The van der Waals surface area contributed by atoms with Gasteiger partial charge >= 0.3 is 0 Å². The number of hydrogen-bond acceptors (Lipinski definition) is 8. The minimum absolute atomic E-state index is 0.248. The average molecular weight is 586 g/mol. The summed E-state index contributed by atoms with van der Waals surface area (Å²) >= 11 is 0. The molecule has 0 radical (unpaired) electrons. The van der Waals surface area contributed by atoms with Crippen LogP contribution < -0.4 is 14.2 Å². The van der Waals surface area contributed by atoms with Crippen LogP contribution in [-0.2, 0) is 35.8 Å². The van der Waals surface area contributed by atoms with Crippen LogP contribution in [0.5, 0.6) is 17.2 Å². The zero-order valence-corrected chi connectivity index (χ0v) is 24.4. The van der Waals surface area contributed by atoms with Crippen LogP contribution in [0.2, 0.25) is 0 Å². The van der Waals surface area contributed by atoms with E-state index in [0.717, 1.165) is 45.0 Å². The Morgan fingerprint density at radius 2 is 1.62 bits per heavy atom. The molecule has 1 N–H and O–H groups in total. The minimum atomic E-state index is -3.69. The van der Waals surface area contributed by atoms with Crippen molar-refractivity contribution in [3.05, 3.63) is 89.6 Å². The fraction of sp³-hybridized carbons (Fsp3) is 0.258. The SMILES string of the molecule is COc1ccnc(CCc2nc3cc(-c4ccc(S(=O)(=O)N5CCc6cc(OC)c(OC)cc6C5)cc4)cnc3[nH]2)c1. The molecule has 1 aliphatic rings. The molecule has 6 rings (SSSR count). The van der Waals surface area contributed by atoms with E-state index in [2.05, 4.69) is 15.0 Å². The molecule has 1 aliphatic heterocycles. The number of H-pyrrole nitrogens is 1. The number of aryl methyl sites for hydroxylation is 2. The number of fused-ring (bicyclic) bond motifs is 2. The minimum Gasteiger partial charge on any atom is -0.497 e.